The van der Waals surface area contributed by atoms with Gasteiger partial charge in [-0.1, -0.05) is 514 Å². The van der Waals surface area contributed by atoms with Crippen molar-refractivity contribution in [3.05, 3.63) is 0 Å². The summed E-state index contributed by atoms with van der Waals surface area (Å²) in [6.07, 6.45) is 118. The lowest BCUT2D eigenvalue weighted by Gasteiger charge is -2.05. The van der Waals surface area contributed by atoms with Crippen molar-refractivity contribution in [2.45, 2.75) is 565 Å². The van der Waals surface area contributed by atoms with E-state index in [-0.39, 0.29) is 11.8 Å². The molecule has 2 amide bonds. The third kappa shape index (κ3) is 102. The Hall–Kier alpha value is -2.12. The smallest absolute Gasteiger partial charge is 0.303 e. The van der Waals surface area contributed by atoms with Crippen LogP contribution in [0.2, 0.25) is 0 Å². The Morgan fingerprint density at radius 1 is 0.120 bits per heavy atom. The summed E-state index contributed by atoms with van der Waals surface area (Å²) in [5.74, 6) is -1.60. The number of amides is 2. The number of carbonyl (C=O) groups excluding carboxylic acids is 2. The van der Waals surface area contributed by atoms with Crippen molar-refractivity contribution in [1.29, 1.82) is 0 Å². The van der Waals surface area contributed by atoms with E-state index >= 15 is 0 Å². The van der Waals surface area contributed by atoms with Crippen LogP contribution in [0, 0.1) is 0 Å². The summed E-state index contributed by atoms with van der Waals surface area (Å²) in [6, 6.07) is 0. The summed E-state index contributed by atoms with van der Waals surface area (Å²) >= 11 is 0. The number of carboxylic acids is 2. The van der Waals surface area contributed by atoms with E-state index in [1.807, 2.05) is 0 Å². The topological polar surface area (TPSA) is 161 Å². The van der Waals surface area contributed by atoms with Gasteiger partial charge in [-0.3, -0.25) is 19.2 Å². The Bertz CT molecular complexity index is 1440. The van der Waals surface area contributed by atoms with Crippen LogP contribution in [-0.2, 0) is 19.2 Å². The molecule has 0 aromatic rings. The van der Waals surface area contributed by atoms with Crippen LogP contribution in [0.25, 0.3) is 0 Å². The third-order valence-corrected chi connectivity index (χ3v) is 22.1. The standard InChI is InChI=1S/C50H100N2O2.C42H82O4/c51-49(53)47-45-43-41-39-37-35-33-31-29-27-25-23-21-19-17-15-13-11-9-7-5-3-1-2-4-6-8-10-12-14-16-18-20-22-24-26-28-30-32-34-36-38-40-42-44-46-48-50(52)54;43-41(44)39-37-35-33-31-29-27-25-23-21-19-17-15-13-11-9-7-5-3-1-2-4-6-8-10-12-14-16-18-20-22-24-26-28-30-32-34-36-38-40-42(45)46/h1-48H2,(H2,51,53)(H2,52,54);1-40H2,(H,43,44)(H,45,46). The van der Waals surface area contributed by atoms with Crippen molar-refractivity contribution in [2.24, 2.45) is 11.5 Å². The molecule has 0 atom stereocenters. The third-order valence-electron chi connectivity index (χ3n) is 22.1. The second-order valence-electron chi connectivity index (χ2n) is 32.4. The van der Waals surface area contributed by atoms with E-state index in [9.17, 15) is 19.2 Å². The van der Waals surface area contributed by atoms with Crippen molar-refractivity contribution >= 4 is 23.8 Å². The van der Waals surface area contributed by atoms with Crippen LogP contribution < -0.4 is 11.5 Å². The van der Waals surface area contributed by atoms with Crippen LogP contribution in [0.5, 0.6) is 0 Å². The fourth-order valence-electron chi connectivity index (χ4n) is 15.3. The van der Waals surface area contributed by atoms with E-state index in [2.05, 4.69) is 0 Å². The van der Waals surface area contributed by atoms with Gasteiger partial charge in [-0.05, 0) is 25.7 Å². The minimum atomic E-state index is -0.652. The minimum absolute atomic E-state index is 0.149. The zero-order valence-electron chi connectivity index (χ0n) is 67.9. The largest absolute Gasteiger partial charge is 0.481 e. The number of aliphatic carboxylic acids is 2. The highest BCUT2D eigenvalue weighted by atomic mass is 16.4. The Kier molecular flexibility index (Phi) is 92.9. The van der Waals surface area contributed by atoms with Crippen molar-refractivity contribution < 1.29 is 29.4 Å². The van der Waals surface area contributed by atoms with Gasteiger partial charge in [0.05, 0.1) is 0 Å². The molecule has 0 aliphatic heterocycles. The van der Waals surface area contributed by atoms with Gasteiger partial charge >= 0.3 is 11.9 Å². The monoisotopic (exact) mass is 1410 g/mol. The van der Waals surface area contributed by atoms with Crippen LogP contribution in [-0.4, -0.2) is 34.0 Å². The van der Waals surface area contributed by atoms with Gasteiger partial charge < -0.3 is 21.7 Å². The molecule has 0 aromatic carbocycles. The number of carbonyl (C=O) groups is 4. The second-order valence-corrected chi connectivity index (χ2v) is 32.4. The molecular formula is C92H182N2O6. The maximum absolute atomic E-state index is 10.7. The minimum Gasteiger partial charge on any atom is -0.481 e. The number of nitrogens with two attached hydrogens (primary N) is 2. The number of rotatable bonds is 90. The molecule has 6 N–H and O–H groups in total. The van der Waals surface area contributed by atoms with Crippen LogP contribution in [0.3, 0.4) is 0 Å². The summed E-state index contributed by atoms with van der Waals surface area (Å²) < 4.78 is 0. The van der Waals surface area contributed by atoms with Gasteiger partial charge in [-0.15, -0.1) is 0 Å². The lowest BCUT2D eigenvalue weighted by Crippen LogP contribution is -2.09. The second kappa shape index (κ2) is 93.0. The molecule has 596 valence electrons. The fourth-order valence-corrected chi connectivity index (χ4v) is 15.3. The number of unbranched alkanes of at least 4 members (excludes halogenated alkanes) is 82. The van der Waals surface area contributed by atoms with Crippen molar-refractivity contribution in [2.75, 3.05) is 0 Å². The summed E-state index contributed by atoms with van der Waals surface area (Å²) in [7, 11) is 0. The molecule has 0 spiro atoms. The van der Waals surface area contributed by atoms with Gasteiger partial charge in [0.15, 0.2) is 0 Å². The average Bonchev–Trinajstić information content (AvgIpc) is 3.61. The van der Waals surface area contributed by atoms with E-state index in [1.54, 1.807) is 0 Å². The maximum Gasteiger partial charge on any atom is 0.303 e. The van der Waals surface area contributed by atoms with Crippen molar-refractivity contribution in [3.63, 3.8) is 0 Å². The van der Waals surface area contributed by atoms with E-state index in [1.165, 1.54) is 501 Å². The zero-order chi connectivity index (χ0) is 72.5. The molecule has 0 bridgehead atoms. The molecule has 0 saturated heterocycles. The molecular weight excluding hydrogens is 1230 g/mol. The summed E-state index contributed by atoms with van der Waals surface area (Å²) in [5, 5.41) is 17.3. The molecule has 0 fully saturated rings. The quantitative estimate of drug-likeness (QED) is 0.0444. The van der Waals surface area contributed by atoms with Gasteiger partial charge in [0.25, 0.3) is 0 Å². The molecule has 0 heterocycles. The molecule has 0 unspecified atom stereocenters. The highest BCUT2D eigenvalue weighted by molar-refractivity contribution is 5.73. The summed E-state index contributed by atoms with van der Waals surface area (Å²) in [4.78, 5) is 42.4. The highest BCUT2D eigenvalue weighted by Crippen LogP contribution is 2.22. The molecule has 0 radical (unpaired) electrons. The summed E-state index contributed by atoms with van der Waals surface area (Å²) in [6.45, 7) is 0. The number of hydrogen-bond donors (Lipinski definition) is 4. The Morgan fingerprint density at radius 3 is 0.240 bits per heavy atom. The Labute approximate surface area is 626 Å². The first kappa shape index (κ1) is 99.9. The predicted molar refractivity (Wildman–Crippen MR) is 440 cm³/mol. The Morgan fingerprint density at radius 2 is 0.180 bits per heavy atom. The molecule has 8 heteroatoms. The van der Waals surface area contributed by atoms with E-state index in [0.29, 0.717) is 25.7 Å². The highest BCUT2D eigenvalue weighted by Gasteiger charge is 2.04. The van der Waals surface area contributed by atoms with Crippen LogP contribution >= 0.6 is 0 Å². The van der Waals surface area contributed by atoms with Crippen molar-refractivity contribution in [3.8, 4) is 0 Å². The van der Waals surface area contributed by atoms with Gasteiger partial charge in [0.1, 0.15) is 0 Å². The van der Waals surface area contributed by atoms with Crippen LogP contribution in [0.4, 0.5) is 0 Å². The van der Waals surface area contributed by atoms with Gasteiger partial charge in [0.2, 0.25) is 11.8 Å². The van der Waals surface area contributed by atoms with Crippen LogP contribution in [0.15, 0.2) is 0 Å². The predicted octanol–water partition coefficient (Wildman–Crippen LogP) is 31.4. The van der Waals surface area contributed by atoms with Gasteiger partial charge in [-0.25, -0.2) is 0 Å². The van der Waals surface area contributed by atoms with Crippen molar-refractivity contribution in [1.82, 2.24) is 0 Å². The van der Waals surface area contributed by atoms with E-state index < -0.39 is 11.9 Å². The molecule has 0 aromatic heterocycles. The molecule has 100 heavy (non-hydrogen) atoms. The normalized spacial score (nSPS) is 11.4. The Balaban J connectivity index is 0. The van der Waals surface area contributed by atoms with Gasteiger partial charge in [0, 0.05) is 25.7 Å². The lowest BCUT2D eigenvalue weighted by atomic mass is 10.0. The molecule has 8 nitrogen and oxygen atoms in total. The average molecular weight is 1410 g/mol. The first-order valence-electron chi connectivity index (χ1n) is 46.3. The van der Waals surface area contributed by atoms with Gasteiger partial charge in [-0.2, -0.15) is 0 Å². The number of hydrogen-bond acceptors (Lipinski definition) is 4. The SMILES string of the molecule is NC(=O)CCCCCCCCCCCCCCCCCCCCCCCCCCCCCCCCCCCCCCCCCCCCCCCCC(N)=O.O=C(O)CCCCCCCCCCCCCCCCCCCCCCCCCCCCCCCCCCCCCCCCC(=O)O. The first-order chi connectivity index (χ1) is 49.3. The zero-order valence-corrected chi connectivity index (χ0v) is 67.9. The maximum atomic E-state index is 10.7. The van der Waals surface area contributed by atoms with E-state index in [4.69, 9.17) is 21.7 Å². The summed E-state index contributed by atoms with van der Waals surface area (Å²) in [5.41, 5.74) is 10.4. The lowest BCUT2D eigenvalue weighted by molar-refractivity contribution is -0.138. The van der Waals surface area contributed by atoms with E-state index in [0.717, 1.165) is 38.5 Å². The molecule has 0 rings (SSSR count). The first-order valence-corrected chi connectivity index (χ1v) is 46.3. The fraction of sp³-hybridized carbons (Fsp3) is 0.957. The van der Waals surface area contributed by atoms with Crippen LogP contribution in [0.1, 0.15) is 565 Å². The number of primary amides is 2. The molecule has 0 aliphatic rings. The number of carboxylic acid groups (broad SMARTS) is 2. The molecule has 0 aliphatic carbocycles. The molecule has 0 saturated carbocycles.